The molecule has 0 bridgehead atoms. The van der Waals surface area contributed by atoms with Crippen LogP contribution >= 0.6 is 39.0 Å². The van der Waals surface area contributed by atoms with Gasteiger partial charge in [0, 0.05) is 16.5 Å². The summed E-state index contributed by atoms with van der Waals surface area (Å²) < 4.78 is 0.822. The summed E-state index contributed by atoms with van der Waals surface area (Å²) in [4.78, 5) is 4.37. The van der Waals surface area contributed by atoms with Crippen LogP contribution in [0.25, 0.3) is 0 Å². The van der Waals surface area contributed by atoms with Crippen LogP contribution in [0.15, 0.2) is 9.98 Å². The van der Waals surface area contributed by atoms with E-state index in [0.717, 1.165) is 27.5 Å². The maximum absolute atomic E-state index is 10.8. The van der Waals surface area contributed by atoms with E-state index in [4.69, 9.17) is 0 Å². The predicted molar refractivity (Wildman–Crippen MR) is 69.4 cm³/mol. The highest BCUT2D eigenvalue weighted by Crippen LogP contribution is 2.49. The van der Waals surface area contributed by atoms with Crippen molar-refractivity contribution in [3.05, 3.63) is 15.0 Å². The molecule has 0 saturated carbocycles. The van der Waals surface area contributed by atoms with E-state index in [1.165, 1.54) is 11.3 Å². The zero-order valence-corrected chi connectivity index (χ0v) is 12.0. The molecule has 5 heteroatoms. The van der Waals surface area contributed by atoms with Crippen molar-refractivity contribution < 1.29 is 5.11 Å². The van der Waals surface area contributed by atoms with Gasteiger partial charge in [0.25, 0.3) is 0 Å². The molecule has 2 nitrogen and oxygen atoms in total. The summed E-state index contributed by atoms with van der Waals surface area (Å²) in [5.74, 6) is 1.88. The number of hydrogen-bond donors (Lipinski definition) is 1. The first-order valence-electron chi connectivity index (χ1n) is 4.87. The van der Waals surface area contributed by atoms with Gasteiger partial charge in [-0.1, -0.05) is 13.8 Å². The molecule has 15 heavy (non-hydrogen) atoms. The number of aliphatic hydroxyl groups is 1. The first-order valence-corrected chi connectivity index (χ1v) is 7.70. The van der Waals surface area contributed by atoms with Crippen LogP contribution < -0.4 is 0 Å². The minimum absolute atomic E-state index is 0.0878. The van der Waals surface area contributed by atoms with E-state index < -0.39 is 5.60 Å². The van der Waals surface area contributed by atoms with Crippen molar-refractivity contribution in [2.45, 2.75) is 25.9 Å². The first kappa shape index (κ1) is 11.9. The largest absolute Gasteiger partial charge is 0.381 e. The molecule has 1 saturated heterocycles. The van der Waals surface area contributed by atoms with Crippen LogP contribution in [0.4, 0.5) is 0 Å². The average molecular weight is 308 g/mol. The summed E-state index contributed by atoms with van der Waals surface area (Å²) in [6.07, 6.45) is 1.03. The topological polar surface area (TPSA) is 33.1 Å². The van der Waals surface area contributed by atoms with Crippen LogP contribution in [0, 0.1) is 5.41 Å². The molecule has 1 unspecified atom stereocenters. The number of nitrogens with zero attached hydrogens (tertiary/aromatic N) is 1. The standard InChI is InChI=1S/C10H14BrNOS2/c1-9(2)3-4-14-6-10(9,13)8-12-7(11)5-15-8/h5,13H,3-4,6H2,1-2H3. The predicted octanol–water partition coefficient (Wildman–Crippen LogP) is 3.26. The van der Waals surface area contributed by atoms with Gasteiger partial charge in [-0.05, 0) is 28.1 Å². The fraction of sp³-hybridized carbons (Fsp3) is 0.700. The Morgan fingerprint density at radius 3 is 2.80 bits per heavy atom. The second-order valence-corrected chi connectivity index (χ2v) is 7.30. The molecule has 2 rings (SSSR count). The molecule has 84 valence electrons. The number of aromatic nitrogens is 1. The van der Waals surface area contributed by atoms with Crippen LogP contribution in [-0.2, 0) is 5.60 Å². The number of halogens is 1. The molecular formula is C10H14BrNOS2. The van der Waals surface area contributed by atoms with Crippen LogP contribution in [0.2, 0.25) is 0 Å². The Balaban J connectivity index is 2.39. The Kier molecular flexibility index (Phi) is 3.19. The van der Waals surface area contributed by atoms with Gasteiger partial charge < -0.3 is 5.11 Å². The fourth-order valence-corrected chi connectivity index (χ4v) is 4.99. The van der Waals surface area contributed by atoms with E-state index in [1.807, 2.05) is 17.1 Å². The lowest BCUT2D eigenvalue weighted by molar-refractivity contribution is -0.0580. The highest BCUT2D eigenvalue weighted by atomic mass is 79.9. The van der Waals surface area contributed by atoms with Crippen LogP contribution in [-0.4, -0.2) is 21.6 Å². The molecule has 1 aromatic rings. The molecule has 0 amide bonds. The lowest BCUT2D eigenvalue weighted by Gasteiger charge is -2.44. The molecule has 1 aliphatic rings. The SMILES string of the molecule is CC1(C)CCSCC1(O)c1nc(Br)cs1. The van der Waals surface area contributed by atoms with Crippen LogP contribution in [0.1, 0.15) is 25.3 Å². The van der Waals surface area contributed by atoms with Gasteiger partial charge >= 0.3 is 0 Å². The van der Waals surface area contributed by atoms with Crippen LogP contribution in [0.5, 0.6) is 0 Å². The summed E-state index contributed by atoms with van der Waals surface area (Å²) in [5, 5.41) is 13.6. The van der Waals surface area contributed by atoms with Crippen molar-refractivity contribution in [3.63, 3.8) is 0 Å². The van der Waals surface area contributed by atoms with Gasteiger partial charge in [0.15, 0.2) is 0 Å². The maximum Gasteiger partial charge on any atom is 0.130 e. The van der Waals surface area contributed by atoms with Gasteiger partial charge in [0.05, 0.1) is 0 Å². The molecule has 0 aromatic carbocycles. The number of thiazole rings is 1. The molecule has 1 atom stereocenters. The lowest BCUT2D eigenvalue weighted by Crippen LogP contribution is -2.47. The van der Waals surface area contributed by atoms with Crippen LogP contribution in [0.3, 0.4) is 0 Å². The smallest absolute Gasteiger partial charge is 0.130 e. The summed E-state index contributed by atoms with van der Waals surface area (Å²) in [6, 6.07) is 0. The van der Waals surface area contributed by atoms with E-state index in [1.54, 1.807) is 0 Å². The van der Waals surface area contributed by atoms with Crippen molar-refractivity contribution in [2.24, 2.45) is 5.41 Å². The minimum atomic E-state index is -0.771. The second kappa shape index (κ2) is 4.02. The summed E-state index contributed by atoms with van der Waals surface area (Å²) >= 11 is 6.69. The number of hydrogen-bond acceptors (Lipinski definition) is 4. The molecule has 1 fully saturated rings. The van der Waals surface area contributed by atoms with Gasteiger partial charge in [0.2, 0.25) is 0 Å². The van der Waals surface area contributed by atoms with Crippen molar-refractivity contribution in [2.75, 3.05) is 11.5 Å². The monoisotopic (exact) mass is 307 g/mol. The zero-order chi connectivity index (χ0) is 11.1. The molecule has 0 spiro atoms. The third-order valence-corrected chi connectivity index (χ3v) is 5.95. The van der Waals surface area contributed by atoms with E-state index >= 15 is 0 Å². The molecule has 0 radical (unpaired) electrons. The summed E-state index contributed by atoms with van der Waals surface area (Å²) in [7, 11) is 0. The molecule has 2 heterocycles. The van der Waals surface area contributed by atoms with Crippen molar-refractivity contribution >= 4 is 39.0 Å². The number of thioether (sulfide) groups is 1. The molecule has 1 N–H and O–H groups in total. The van der Waals surface area contributed by atoms with Gasteiger partial charge in [-0.15, -0.1) is 11.3 Å². The first-order chi connectivity index (χ1) is 6.96. The summed E-state index contributed by atoms with van der Waals surface area (Å²) in [5.41, 5.74) is -0.859. The Morgan fingerprint density at radius 1 is 1.53 bits per heavy atom. The molecular weight excluding hydrogens is 294 g/mol. The van der Waals surface area contributed by atoms with E-state index in [0.29, 0.717) is 0 Å². The fourth-order valence-electron chi connectivity index (χ4n) is 1.74. The third kappa shape index (κ3) is 1.99. The second-order valence-electron chi connectivity index (χ2n) is 4.52. The average Bonchev–Trinajstić information content (AvgIpc) is 2.58. The number of rotatable bonds is 1. The Hall–Kier alpha value is 0.420. The Morgan fingerprint density at radius 2 is 2.27 bits per heavy atom. The zero-order valence-electron chi connectivity index (χ0n) is 8.79. The van der Waals surface area contributed by atoms with Gasteiger partial charge in [-0.3, -0.25) is 0 Å². The summed E-state index contributed by atoms with van der Waals surface area (Å²) in [6.45, 7) is 4.25. The highest BCUT2D eigenvalue weighted by Gasteiger charge is 2.48. The maximum atomic E-state index is 10.8. The molecule has 1 aromatic heterocycles. The van der Waals surface area contributed by atoms with Crippen molar-refractivity contribution in [1.29, 1.82) is 0 Å². The van der Waals surface area contributed by atoms with E-state index in [9.17, 15) is 5.11 Å². The van der Waals surface area contributed by atoms with Crippen molar-refractivity contribution in [3.8, 4) is 0 Å². The van der Waals surface area contributed by atoms with Gasteiger partial charge in [-0.25, -0.2) is 4.98 Å². The van der Waals surface area contributed by atoms with Crippen molar-refractivity contribution in [1.82, 2.24) is 4.98 Å². The van der Waals surface area contributed by atoms with E-state index in [-0.39, 0.29) is 5.41 Å². The quantitative estimate of drug-likeness (QED) is 0.864. The minimum Gasteiger partial charge on any atom is -0.381 e. The molecule has 1 aliphatic heterocycles. The highest BCUT2D eigenvalue weighted by molar-refractivity contribution is 9.10. The third-order valence-electron chi connectivity index (χ3n) is 3.13. The Bertz CT molecular complexity index is 366. The van der Waals surface area contributed by atoms with E-state index in [2.05, 4.69) is 34.8 Å². The Labute approximate surface area is 107 Å². The lowest BCUT2D eigenvalue weighted by atomic mass is 9.74. The molecule has 0 aliphatic carbocycles. The van der Waals surface area contributed by atoms with Gasteiger partial charge in [0.1, 0.15) is 15.2 Å². The normalized spacial score (nSPS) is 30.4. The van der Waals surface area contributed by atoms with Gasteiger partial charge in [-0.2, -0.15) is 11.8 Å².